The number of rotatable bonds is 9. The number of esters is 1. The molecular formula is C25H23NO5. The van der Waals surface area contributed by atoms with E-state index in [-0.39, 0.29) is 12.6 Å². The molecular weight excluding hydrogens is 394 g/mol. The van der Waals surface area contributed by atoms with E-state index in [1.165, 1.54) is 6.92 Å². The van der Waals surface area contributed by atoms with Crippen molar-refractivity contribution in [3.05, 3.63) is 102 Å². The fourth-order valence-corrected chi connectivity index (χ4v) is 2.98. The van der Waals surface area contributed by atoms with E-state index in [9.17, 15) is 14.4 Å². The summed E-state index contributed by atoms with van der Waals surface area (Å²) in [5, 5.41) is 2.95. The Labute approximate surface area is 180 Å². The molecule has 0 saturated carbocycles. The minimum atomic E-state index is -0.997. The van der Waals surface area contributed by atoms with Crippen LogP contribution in [0.3, 0.4) is 0 Å². The Bertz CT molecular complexity index is 964. The Hall–Kier alpha value is -3.93. The second-order valence-corrected chi connectivity index (χ2v) is 6.87. The van der Waals surface area contributed by atoms with E-state index in [0.29, 0.717) is 11.3 Å². The largest absolute Gasteiger partial charge is 0.482 e. The number of carbonyl (C=O) groups is 3. The molecule has 1 atom stereocenters. The van der Waals surface area contributed by atoms with Crippen LogP contribution in [0, 0.1) is 0 Å². The zero-order chi connectivity index (χ0) is 22.1. The predicted octanol–water partition coefficient (Wildman–Crippen LogP) is 3.72. The minimum absolute atomic E-state index is 0.348. The molecule has 0 radical (unpaired) electrons. The van der Waals surface area contributed by atoms with Crippen LogP contribution in [0.4, 0.5) is 0 Å². The fourth-order valence-electron chi connectivity index (χ4n) is 2.98. The molecule has 3 aromatic carbocycles. The maximum atomic E-state index is 12.7. The van der Waals surface area contributed by atoms with Crippen LogP contribution in [0.15, 0.2) is 84.9 Å². The molecule has 6 nitrogen and oxygen atoms in total. The summed E-state index contributed by atoms with van der Waals surface area (Å²) in [5.41, 5.74) is 2.34. The first-order chi connectivity index (χ1) is 15.1. The highest BCUT2D eigenvalue weighted by Gasteiger charge is 2.23. The number of aldehydes is 1. The highest BCUT2D eigenvalue weighted by molar-refractivity contribution is 5.84. The van der Waals surface area contributed by atoms with Gasteiger partial charge in [-0.15, -0.1) is 0 Å². The molecule has 3 rings (SSSR count). The molecule has 0 spiro atoms. The van der Waals surface area contributed by atoms with Crippen LogP contribution < -0.4 is 10.1 Å². The van der Waals surface area contributed by atoms with E-state index >= 15 is 0 Å². The Kier molecular flexibility index (Phi) is 7.54. The molecule has 31 heavy (non-hydrogen) atoms. The van der Waals surface area contributed by atoms with Gasteiger partial charge in [0.2, 0.25) is 0 Å². The molecule has 3 aromatic rings. The van der Waals surface area contributed by atoms with Crippen molar-refractivity contribution >= 4 is 18.2 Å². The lowest BCUT2D eigenvalue weighted by Gasteiger charge is -2.22. The van der Waals surface area contributed by atoms with Crippen LogP contribution in [0.2, 0.25) is 0 Å². The zero-order valence-corrected chi connectivity index (χ0v) is 17.1. The van der Waals surface area contributed by atoms with Crippen molar-refractivity contribution in [2.24, 2.45) is 0 Å². The van der Waals surface area contributed by atoms with Gasteiger partial charge in [0.15, 0.2) is 12.7 Å². The third-order valence-corrected chi connectivity index (χ3v) is 4.60. The quantitative estimate of drug-likeness (QED) is 0.424. The molecule has 0 fully saturated rings. The average Bonchev–Trinajstić information content (AvgIpc) is 2.82. The van der Waals surface area contributed by atoms with E-state index in [2.05, 4.69) is 5.32 Å². The van der Waals surface area contributed by atoms with Gasteiger partial charge in [0.1, 0.15) is 12.0 Å². The summed E-state index contributed by atoms with van der Waals surface area (Å²) in [5.74, 6) is -0.660. The summed E-state index contributed by atoms with van der Waals surface area (Å²) in [6, 6.07) is 25.1. The van der Waals surface area contributed by atoms with Gasteiger partial charge in [-0.2, -0.15) is 0 Å². The molecule has 0 aliphatic rings. The third-order valence-electron chi connectivity index (χ3n) is 4.60. The number of amides is 1. The average molecular weight is 417 g/mol. The first-order valence-electron chi connectivity index (χ1n) is 9.84. The summed E-state index contributed by atoms with van der Waals surface area (Å²) in [7, 11) is 0. The normalized spacial score (nSPS) is 11.4. The molecule has 0 saturated heterocycles. The van der Waals surface area contributed by atoms with Crippen LogP contribution in [-0.2, 0) is 14.3 Å². The monoisotopic (exact) mass is 417 g/mol. The number of benzene rings is 3. The van der Waals surface area contributed by atoms with Gasteiger partial charge >= 0.3 is 5.97 Å². The summed E-state index contributed by atoms with van der Waals surface area (Å²) in [6.45, 7) is 1.16. The van der Waals surface area contributed by atoms with E-state index in [4.69, 9.17) is 9.47 Å². The summed E-state index contributed by atoms with van der Waals surface area (Å²) in [6.07, 6.45) is -0.278. The summed E-state index contributed by atoms with van der Waals surface area (Å²) in [4.78, 5) is 35.5. The van der Waals surface area contributed by atoms with Crippen LogP contribution in [0.25, 0.3) is 0 Å². The third kappa shape index (κ3) is 6.27. The SMILES string of the molecule is C[C@@H](OC(=O)COc1ccc(C=O)cc1)C(=O)NC(c1ccccc1)c1ccccc1. The van der Waals surface area contributed by atoms with Crippen molar-refractivity contribution < 1.29 is 23.9 Å². The van der Waals surface area contributed by atoms with Gasteiger partial charge in [-0.05, 0) is 42.3 Å². The molecule has 0 heterocycles. The summed E-state index contributed by atoms with van der Waals surface area (Å²) >= 11 is 0. The van der Waals surface area contributed by atoms with Gasteiger partial charge in [-0.3, -0.25) is 9.59 Å². The van der Waals surface area contributed by atoms with Gasteiger partial charge < -0.3 is 14.8 Å². The van der Waals surface area contributed by atoms with E-state index < -0.39 is 18.0 Å². The number of ether oxygens (including phenoxy) is 2. The van der Waals surface area contributed by atoms with Gasteiger partial charge in [0.05, 0.1) is 6.04 Å². The van der Waals surface area contributed by atoms with E-state index in [1.807, 2.05) is 60.7 Å². The van der Waals surface area contributed by atoms with Gasteiger partial charge in [-0.25, -0.2) is 4.79 Å². The molecule has 1 amide bonds. The number of carbonyl (C=O) groups excluding carboxylic acids is 3. The topological polar surface area (TPSA) is 81.7 Å². The maximum absolute atomic E-state index is 12.7. The number of hydrogen-bond acceptors (Lipinski definition) is 5. The molecule has 6 heteroatoms. The number of nitrogens with one attached hydrogen (secondary N) is 1. The second-order valence-electron chi connectivity index (χ2n) is 6.87. The predicted molar refractivity (Wildman–Crippen MR) is 116 cm³/mol. The molecule has 0 unspecified atom stereocenters. The van der Waals surface area contributed by atoms with Crippen molar-refractivity contribution in [2.45, 2.75) is 19.1 Å². The van der Waals surface area contributed by atoms with Crippen LogP contribution in [-0.4, -0.2) is 30.9 Å². The zero-order valence-electron chi connectivity index (χ0n) is 17.1. The Balaban J connectivity index is 1.58. The molecule has 0 aliphatic carbocycles. The van der Waals surface area contributed by atoms with Crippen LogP contribution >= 0.6 is 0 Å². The Morgan fingerprint density at radius 1 is 0.871 bits per heavy atom. The maximum Gasteiger partial charge on any atom is 0.344 e. The highest BCUT2D eigenvalue weighted by Crippen LogP contribution is 2.22. The van der Waals surface area contributed by atoms with Crippen molar-refractivity contribution in [1.29, 1.82) is 0 Å². The lowest BCUT2D eigenvalue weighted by atomic mass is 9.98. The molecule has 1 N–H and O–H groups in total. The highest BCUT2D eigenvalue weighted by atomic mass is 16.6. The summed E-state index contributed by atoms with van der Waals surface area (Å²) < 4.78 is 10.6. The van der Waals surface area contributed by atoms with Gasteiger partial charge in [-0.1, -0.05) is 60.7 Å². The minimum Gasteiger partial charge on any atom is -0.482 e. The van der Waals surface area contributed by atoms with Crippen molar-refractivity contribution in [3.8, 4) is 5.75 Å². The van der Waals surface area contributed by atoms with Crippen molar-refractivity contribution in [3.63, 3.8) is 0 Å². The standard InChI is InChI=1S/C25H23NO5/c1-18(31-23(28)17-30-22-14-12-19(16-27)13-15-22)25(29)26-24(20-8-4-2-5-9-20)21-10-6-3-7-11-21/h2-16,18,24H,17H2,1H3,(H,26,29)/t18-/m1/s1. The lowest BCUT2D eigenvalue weighted by molar-refractivity contribution is -0.156. The first kappa shape index (κ1) is 21.8. The Morgan fingerprint density at radius 2 is 1.42 bits per heavy atom. The molecule has 0 bridgehead atoms. The smallest absolute Gasteiger partial charge is 0.344 e. The lowest BCUT2D eigenvalue weighted by Crippen LogP contribution is -2.39. The molecule has 0 aromatic heterocycles. The van der Waals surface area contributed by atoms with Gasteiger partial charge in [0, 0.05) is 5.56 Å². The molecule has 158 valence electrons. The van der Waals surface area contributed by atoms with Crippen molar-refractivity contribution in [2.75, 3.05) is 6.61 Å². The molecule has 0 aliphatic heterocycles. The van der Waals surface area contributed by atoms with E-state index in [0.717, 1.165) is 17.4 Å². The van der Waals surface area contributed by atoms with E-state index in [1.54, 1.807) is 24.3 Å². The van der Waals surface area contributed by atoms with Gasteiger partial charge in [0.25, 0.3) is 5.91 Å². The second kappa shape index (κ2) is 10.7. The van der Waals surface area contributed by atoms with Crippen molar-refractivity contribution in [1.82, 2.24) is 5.32 Å². The fraction of sp³-hybridized carbons (Fsp3) is 0.160. The van der Waals surface area contributed by atoms with Crippen LogP contribution in [0.1, 0.15) is 34.5 Å². The van der Waals surface area contributed by atoms with Crippen LogP contribution in [0.5, 0.6) is 5.75 Å². The Morgan fingerprint density at radius 3 is 1.94 bits per heavy atom. The first-order valence-corrected chi connectivity index (χ1v) is 9.84. The number of hydrogen-bond donors (Lipinski definition) is 1.